The molecule has 2 aliphatic rings. The number of hydrogen-bond acceptors (Lipinski definition) is 4. The highest BCUT2D eigenvalue weighted by molar-refractivity contribution is 5.43. The summed E-state index contributed by atoms with van der Waals surface area (Å²) < 4.78 is 23.5. The van der Waals surface area contributed by atoms with E-state index >= 15 is 0 Å². The van der Waals surface area contributed by atoms with E-state index in [2.05, 4.69) is 12.1 Å². The highest BCUT2D eigenvalue weighted by Crippen LogP contribution is 2.45. The summed E-state index contributed by atoms with van der Waals surface area (Å²) in [6, 6.07) is 16.1. The molecule has 2 aromatic carbocycles. The van der Waals surface area contributed by atoms with Crippen LogP contribution in [0.4, 0.5) is 0 Å². The summed E-state index contributed by atoms with van der Waals surface area (Å²) in [5.74, 6) is 1.90. The van der Waals surface area contributed by atoms with Gasteiger partial charge in [-0.25, -0.2) is 0 Å². The Morgan fingerprint density at radius 2 is 2.00 bits per heavy atom. The fourth-order valence-corrected chi connectivity index (χ4v) is 3.54. The molecule has 2 aliphatic heterocycles. The van der Waals surface area contributed by atoms with Gasteiger partial charge in [-0.3, -0.25) is 0 Å². The molecular weight excluding hydrogens is 304 g/mol. The maximum atomic E-state index is 6.03. The maximum Gasteiger partial charge on any atom is 0.205 e. The largest absolute Gasteiger partial charge is 0.489 e. The SMILES string of the molecule is CO[C@@H]1c2cc(OCc3ccccc3)ccc2O[C@@H]2OCCC[C@@H]21. The highest BCUT2D eigenvalue weighted by Gasteiger charge is 2.41. The van der Waals surface area contributed by atoms with E-state index in [1.807, 2.05) is 36.4 Å². The van der Waals surface area contributed by atoms with Gasteiger partial charge in [0.2, 0.25) is 6.29 Å². The van der Waals surface area contributed by atoms with Crippen LogP contribution in [-0.4, -0.2) is 20.0 Å². The van der Waals surface area contributed by atoms with Crippen LogP contribution in [0, 0.1) is 5.92 Å². The van der Waals surface area contributed by atoms with Crippen LogP contribution in [0.5, 0.6) is 11.5 Å². The first-order chi connectivity index (χ1) is 11.8. The Labute approximate surface area is 142 Å². The topological polar surface area (TPSA) is 36.9 Å². The third-order valence-electron chi connectivity index (χ3n) is 4.74. The molecule has 4 nitrogen and oxygen atoms in total. The van der Waals surface area contributed by atoms with Crippen molar-refractivity contribution in [1.82, 2.24) is 0 Å². The zero-order valence-corrected chi connectivity index (χ0v) is 13.8. The second-order valence-corrected chi connectivity index (χ2v) is 6.29. The monoisotopic (exact) mass is 326 g/mol. The number of ether oxygens (including phenoxy) is 4. The third-order valence-corrected chi connectivity index (χ3v) is 4.74. The highest BCUT2D eigenvalue weighted by atomic mass is 16.7. The van der Waals surface area contributed by atoms with Crippen LogP contribution in [0.3, 0.4) is 0 Å². The average molecular weight is 326 g/mol. The van der Waals surface area contributed by atoms with Crippen molar-refractivity contribution in [3.8, 4) is 11.5 Å². The number of benzene rings is 2. The molecular formula is C20H22O4. The minimum atomic E-state index is -0.202. The third kappa shape index (κ3) is 2.99. The van der Waals surface area contributed by atoms with Crippen LogP contribution < -0.4 is 9.47 Å². The van der Waals surface area contributed by atoms with E-state index in [4.69, 9.17) is 18.9 Å². The molecule has 4 rings (SSSR count). The molecule has 1 saturated heterocycles. The van der Waals surface area contributed by atoms with Gasteiger partial charge in [-0.2, -0.15) is 0 Å². The van der Waals surface area contributed by atoms with Crippen LogP contribution in [-0.2, 0) is 16.1 Å². The van der Waals surface area contributed by atoms with Crippen molar-refractivity contribution in [2.24, 2.45) is 5.92 Å². The Morgan fingerprint density at radius 3 is 2.83 bits per heavy atom. The quantitative estimate of drug-likeness (QED) is 0.848. The van der Waals surface area contributed by atoms with Gasteiger partial charge in [0.25, 0.3) is 0 Å². The van der Waals surface area contributed by atoms with Gasteiger partial charge < -0.3 is 18.9 Å². The van der Waals surface area contributed by atoms with E-state index in [-0.39, 0.29) is 18.3 Å². The van der Waals surface area contributed by atoms with Gasteiger partial charge >= 0.3 is 0 Å². The number of methoxy groups -OCH3 is 1. The first-order valence-electron chi connectivity index (χ1n) is 8.47. The van der Waals surface area contributed by atoms with Gasteiger partial charge in [-0.05, 0) is 36.6 Å². The number of hydrogen-bond donors (Lipinski definition) is 0. The predicted octanol–water partition coefficient (Wildman–Crippen LogP) is 4.10. The van der Waals surface area contributed by atoms with Gasteiger partial charge in [-0.1, -0.05) is 30.3 Å². The van der Waals surface area contributed by atoms with Crippen molar-refractivity contribution in [3.05, 3.63) is 59.7 Å². The van der Waals surface area contributed by atoms with Crippen molar-refractivity contribution >= 4 is 0 Å². The Morgan fingerprint density at radius 1 is 1.12 bits per heavy atom. The maximum absolute atomic E-state index is 6.03. The molecule has 0 aliphatic carbocycles. The summed E-state index contributed by atoms with van der Waals surface area (Å²) in [4.78, 5) is 0. The molecule has 4 heteroatoms. The molecule has 0 saturated carbocycles. The molecule has 0 radical (unpaired) electrons. The number of fused-ring (bicyclic) bond motifs is 2. The first kappa shape index (κ1) is 15.5. The Kier molecular flexibility index (Phi) is 4.41. The van der Waals surface area contributed by atoms with Crippen LogP contribution in [0.2, 0.25) is 0 Å². The summed E-state index contributed by atoms with van der Waals surface area (Å²) in [5.41, 5.74) is 2.20. The van der Waals surface area contributed by atoms with E-state index in [0.29, 0.717) is 6.61 Å². The Bertz CT molecular complexity index is 685. The molecule has 2 heterocycles. The van der Waals surface area contributed by atoms with Crippen molar-refractivity contribution in [3.63, 3.8) is 0 Å². The zero-order chi connectivity index (χ0) is 16.4. The average Bonchev–Trinajstić information content (AvgIpc) is 2.65. The smallest absolute Gasteiger partial charge is 0.205 e. The molecule has 0 unspecified atom stereocenters. The second kappa shape index (κ2) is 6.83. The van der Waals surface area contributed by atoms with Gasteiger partial charge in [0.1, 0.15) is 18.1 Å². The molecule has 0 amide bonds. The second-order valence-electron chi connectivity index (χ2n) is 6.29. The first-order valence-corrected chi connectivity index (χ1v) is 8.47. The van der Waals surface area contributed by atoms with Crippen molar-refractivity contribution in [2.75, 3.05) is 13.7 Å². The summed E-state index contributed by atoms with van der Waals surface area (Å²) in [6.07, 6.45) is 1.88. The van der Waals surface area contributed by atoms with Crippen LogP contribution in [0.1, 0.15) is 30.1 Å². The normalized spacial score (nSPS) is 25.3. The summed E-state index contributed by atoms with van der Waals surface area (Å²) in [5, 5.41) is 0. The van der Waals surface area contributed by atoms with E-state index in [1.165, 1.54) is 0 Å². The molecule has 0 spiro atoms. The molecule has 2 aromatic rings. The lowest BCUT2D eigenvalue weighted by Crippen LogP contribution is -2.41. The molecule has 1 fully saturated rings. The molecule has 3 atom stereocenters. The van der Waals surface area contributed by atoms with Crippen molar-refractivity contribution < 1.29 is 18.9 Å². The lowest BCUT2D eigenvalue weighted by atomic mass is 9.87. The van der Waals surface area contributed by atoms with Crippen LogP contribution >= 0.6 is 0 Å². The zero-order valence-electron chi connectivity index (χ0n) is 13.8. The van der Waals surface area contributed by atoms with E-state index in [9.17, 15) is 0 Å². The Balaban J connectivity index is 1.55. The lowest BCUT2D eigenvalue weighted by molar-refractivity contribution is -0.185. The Hall–Kier alpha value is -2.04. The van der Waals surface area contributed by atoms with Gasteiger partial charge in [0.05, 0.1) is 18.6 Å². The standard InChI is InChI=1S/C20H22O4/c1-21-19-16-8-5-11-22-20(16)24-18-10-9-15(12-17(18)19)23-13-14-6-3-2-4-7-14/h2-4,6-7,9-10,12,16,19-20H,5,8,11,13H2,1H3/t16-,19+,20+/m1/s1. The van der Waals surface area contributed by atoms with Crippen LogP contribution in [0.15, 0.2) is 48.5 Å². The lowest BCUT2D eigenvalue weighted by Gasteiger charge is -2.41. The van der Waals surface area contributed by atoms with Gasteiger partial charge in [0, 0.05) is 12.7 Å². The van der Waals surface area contributed by atoms with E-state index in [0.717, 1.165) is 42.1 Å². The minimum Gasteiger partial charge on any atom is -0.489 e. The molecule has 0 bridgehead atoms. The summed E-state index contributed by atoms with van der Waals surface area (Å²) in [7, 11) is 1.75. The molecule has 0 N–H and O–H groups in total. The predicted molar refractivity (Wildman–Crippen MR) is 90.1 cm³/mol. The fourth-order valence-electron chi connectivity index (χ4n) is 3.54. The summed E-state index contributed by atoms with van der Waals surface area (Å²) >= 11 is 0. The van der Waals surface area contributed by atoms with Gasteiger partial charge in [0.15, 0.2) is 0 Å². The summed E-state index contributed by atoms with van der Waals surface area (Å²) in [6.45, 7) is 1.30. The molecule has 24 heavy (non-hydrogen) atoms. The van der Waals surface area contributed by atoms with Crippen molar-refractivity contribution in [1.29, 1.82) is 0 Å². The van der Waals surface area contributed by atoms with Gasteiger partial charge in [-0.15, -0.1) is 0 Å². The van der Waals surface area contributed by atoms with E-state index < -0.39 is 0 Å². The minimum absolute atomic E-state index is 0.0145. The van der Waals surface area contributed by atoms with Crippen molar-refractivity contribution in [2.45, 2.75) is 31.8 Å². The number of rotatable bonds is 4. The van der Waals surface area contributed by atoms with Crippen LogP contribution in [0.25, 0.3) is 0 Å². The fraction of sp³-hybridized carbons (Fsp3) is 0.400. The molecule has 0 aromatic heterocycles. The van der Waals surface area contributed by atoms with E-state index in [1.54, 1.807) is 7.11 Å². The molecule has 126 valence electrons.